The number of hydrogen-bond acceptors (Lipinski definition) is 6. The Hall–Kier alpha value is -2.00. The Morgan fingerprint density at radius 1 is 1.00 bits per heavy atom. The molecule has 0 saturated heterocycles. The van der Waals surface area contributed by atoms with Crippen LogP contribution >= 0.6 is 23.7 Å². The highest BCUT2D eigenvalue weighted by Crippen LogP contribution is 2.29. The number of aryl methyl sites for hydroxylation is 1. The molecule has 2 aromatic carbocycles. The number of fused-ring (bicyclic) bond motifs is 1. The lowest BCUT2D eigenvalue weighted by atomic mass is 10.2. The van der Waals surface area contributed by atoms with Gasteiger partial charge in [0.05, 0.1) is 20.9 Å². The fourth-order valence-corrected chi connectivity index (χ4v) is 5.54. The van der Waals surface area contributed by atoms with E-state index in [2.05, 4.69) is 23.7 Å². The highest BCUT2D eigenvalue weighted by molar-refractivity contribution is 7.91. The van der Waals surface area contributed by atoms with E-state index in [1.807, 2.05) is 31.2 Å². The first kappa shape index (κ1) is 26.3. The van der Waals surface area contributed by atoms with Gasteiger partial charge >= 0.3 is 0 Å². The summed E-state index contributed by atoms with van der Waals surface area (Å²) in [5, 5.41) is 0.617. The summed E-state index contributed by atoms with van der Waals surface area (Å²) >= 11 is 1.46. The normalized spacial score (nSPS) is 11.5. The van der Waals surface area contributed by atoms with Crippen molar-refractivity contribution >= 4 is 54.8 Å². The van der Waals surface area contributed by atoms with Gasteiger partial charge in [-0.1, -0.05) is 55.0 Å². The minimum Gasteiger partial charge on any atom is -0.302 e. The van der Waals surface area contributed by atoms with Gasteiger partial charge in [0, 0.05) is 19.5 Å². The minimum atomic E-state index is -3.53. The Morgan fingerprint density at radius 2 is 1.66 bits per heavy atom. The molecule has 0 bridgehead atoms. The van der Waals surface area contributed by atoms with E-state index in [0.29, 0.717) is 18.2 Å². The summed E-state index contributed by atoms with van der Waals surface area (Å²) in [5.41, 5.74) is 1.84. The first-order valence-electron chi connectivity index (χ1n) is 10.5. The summed E-state index contributed by atoms with van der Waals surface area (Å²) < 4.78 is 26.4. The SMILES string of the molecule is CCN(CC)CCN(C(=O)CCS(=O)(=O)c1ccc(C)cc1)c1nc2ccccc2s1.Cl. The second kappa shape index (κ2) is 11.7. The van der Waals surface area contributed by atoms with Crippen LogP contribution < -0.4 is 4.90 Å². The van der Waals surface area contributed by atoms with Crippen LogP contribution in [0.15, 0.2) is 53.4 Å². The number of aromatic nitrogens is 1. The number of para-hydroxylation sites is 1. The zero-order valence-electron chi connectivity index (χ0n) is 18.7. The first-order valence-corrected chi connectivity index (χ1v) is 13.0. The summed E-state index contributed by atoms with van der Waals surface area (Å²) in [7, 11) is -3.53. The van der Waals surface area contributed by atoms with Gasteiger partial charge in [-0.15, -0.1) is 12.4 Å². The average Bonchev–Trinajstić information content (AvgIpc) is 3.19. The maximum absolute atomic E-state index is 13.2. The maximum atomic E-state index is 13.2. The van der Waals surface area contributed by atoms with Crippen molar-refractivity contribution < 1.29 is 13.2 Å². The lowest BCUT2D eigenvalue weighted by Gasteiger charge is -2.24. The number of hydrogen-bond donors (Lipinski definition) is 0. The molecule has 0 unspecified atom stereocenters. The van der Waals surface area contributed by atoms with Crippen LogP contribution in [-0.4, -0.2) is 56.1 Å². The van der Waals surface area contributed by atoms with Crippen molar-refractivity contribution in [1.82, 2.24) is 9.88 Å². The van der Waals surface area contributed by atoms with Crippen molar-refractivity contribution in [3.05, 3.63) is 54.1 Å². The van der Waals surface area contributed by atoms with Crippen LogP contribution in [0.4, 0.5) is 5.13 Å². The zero-order chi connectivity index (χ0) is 22.4. The van der Waals surface area contributed by atoms with E-state index in [1.54, 1.807) is 29.2 Å². The van der Waals surface area contributed by atoms with Gasteiger partial charge in [-0.05, 0) is 44.3 Å². The van der Waals surface area contributed by atoms with Gasteiger partial charge in [0.1, 0.15) is 0 Å². The minimum absolute atomic E-state index is 0. The molecule has 3 aromatic rings. The highest BCUT2D eigenvalue weighted by Gasteiger charge is 2.23. The van der Waals surface area contributed by atoms with E-state index >= 15 is 0 Å². The Labute approximate surface area is 200 Å². The van der Waals surface area contributed by atoms with Crippen molar-refractivity contribution in [2.24, 2.45) is 0 Å². The number of thiazole rings is 1. The average molecular weight is 496 g/mol. The lowest BCUT2D eigenvalue weighted by Crippen LogP contribution is -2.39. The van der Waals surface area contributed by atoms with Crippen LogP contribution in [0.3, 0.4) is 0 Å². The fraction of sp³-hybridized carbons (Fsp3) is 0.391. The number of amides is 1. The number of sulfone groups is 1. The van der Waals surface area contributed by atoms with Crippen molar-refractivity contribution in [2.45, 2.75) is 32.1 Å². The topological polar surface area (TPSA) is 70.6 Å². The predicted molar refractivity (Wildman–Crippen MR) is 135 cm³/mol. The Kier molecular flexibility index (Phi) is 9.64. The number of benzene rings is 2. The molecule has 9 heteroatoms. The smallest absolute Gasteiger partial charge is 0.229 e. The van der Waals surface area contributed by atoms with Crippen LogP contribution in [-0.2, 0) is 14.6 Å². The molecule has 1 amide bonds. The molecule has 0 fully saturated rings. The molecule has 0 aliphatic heterocycles. The van der Waals surface area contributed by atoms with E-state index in [1.165, 1.54) is 11.3 Å². The monoisotopic (exact) mass is 495 g/mol. The largest absolute Gasteiger partial charge is 0.302 e. The van der Waals surface area contributed by atoms with Crippen molar-refractivity contribution in [3.63, 3.8) is 0 Å². The molecule has 0 N–H and O–H groups in total. The molecular weight excluding hydrogens is 466 g/mol. The van der Waals surface area contributed by atoms with Gasteiger partial charge in [-0.2, -0.15) is 0 Å². The van der Waals surface area contributed by atoms with Gasteiger partial charge < -0.3 is 4.90 Å². The fourth-order valence-electron chi connectivity index (χ4n) is 3.30. The summed E-state index contributed by atoms with van der Waals surface area (Å²) in [6.45, 7) is 9.04. The molecule has 0 atom stereocenters. The van der Waals surface area contributed by atoms with Crippen LogP contribution in [0, 0.1) is 6.92 Å². The lowest BCUT2D eigenvalue weighted by molar-refractivity contribution is -0.118. The number of rotatable bonds is 10. The third kappa shape index (κ3) is 6.51. The van der Waals surface area contributed by atoms with E-state index in [4.69, 9.17) is 0 Å². The van der Waals surface area contributed by atoms with Crippen LogP contribution in [0.1, 0.15) is 25.8 Å². The van der Waals surface area contributed by atoms with E-state index < -0.39 is 9.84 Å². The zero-order valence-corrected chi connectivity index (χ0v) is 21.1. The molecule has 174 valence electrons. The summed E-state index contributed by atoms with van der Waals surface area (Å²) in [6, 6.07) is 14.5. The molecule has 0 spiro atoms. The molecule has 0 aliphatic carbocycles. The molecular formula is C23H30ClN3O3S2. The van der Waals surface area contributed by atoms with Crippen molar-refractivity contribution in [1.29, 1.82) is 0 Å². The summed E-state index contributed by atoms with van der Waals surface area (Å²) in [5.74, 6) is -0.441. The van der Waals surface area contributed by atoms with Crippen LogP contribution in [0.2, 0.25) is 0 Å². The van der Waals surface area contributed by atoms with Gasteiger partial charge in [-0.3, -0.25) is 9.69 Å². The standard InChI is InChI=1S/C23H29N3O3S2.ClH/c1-4-25(5-2)15-16-26(23-24-20-8-6-7-9-21(20)30-23)22(27)14-17-31(28,29)19-12-10-18(3)11-13-19;/h6-13H,4-5,14-17H2,1-3H3;1H. The summed E-state index contributed by atoms with van der Waals surface area (Å²) in [4.78, 5) is 21.9. The van der Waals surface area contributed by atoms with E-state index in [-0.39, 0.29) is 35.4 Å². The molecule has 6 nitrogen and oxygen atoms in total. The van der Waals surface area contributed by atoms with Gasteiger partial charge in [0.25, 0.3) is 0 Å². The number of carbonyl (C=O) groups excluding carboxylic acids is 1. The molecule has 1 aromatic heterocycles. The van der Waals surface area contributed by atoms with E-state index in [0.717, 1.165) is 28.9 Å². The number of likely N-dealkylation sites (N-methyl/N-ethyl adjacent to an activating group) is 1. The highest BCUT2D eigenvalue weighted by atomic mass is 35.5. The number of anilines is 1. The number of halogens is 1. The molecule has 3 rings (SSSR count). The Bertz CT molecular complexity index is 1090. The van der Waals surface area contributed by atoms with Gasteiger partial charge in [0.15, 0.2) is 15.0 Å². The predicted octanol–water partition coefficient (Wildman–Crippen LogP) is 4.57. The molecule has 0 radical (unpaired) electrons. The van der Waals surface area contributed by atoms with Crippen molar-refractivity contribution in [3.8, 4) is 0 Å². The number of carbonyl (C=O) groups is 1. The van der Waals surface area contributed by atoms with Crippen LogP contribution in [0.5, 0.6) is 0 Å². The summed E-state index contributed by atoms with van der Waals surface area (Å²) in [6.07, 6.45) is -0.0790. The van der Waals surface area contributed by atoms with E-state index in [9.17, 15) is 13.2 Å². The second-order valence-corrected chi connectivity index (χ2v) is 10.5. The third-order valence-electron chi connectivity index (χ3n) is 5.31. The third-order valence-corrected chi connectivity index (χ3v) is 8.10. The molecule has 0 saturated carbocycles. The first-order chi connectivity index (χ1) is 14.8. The Balaban J connectivity index is 0.00000363. The molecule has 1 heterocycles. The second-order valence-electron chi connectivity index (χ2n) is 7.42. The van der Waals surface area contributed by atoms with Crippen molar-refractivity contribution in [2.75, 3.05) is 36.8 Å². The molecule has 0 aliphatic rings. The maximum Gasteiger partial charge on any atom is 0.229 e. The molecule has 32 heavy (non-hydrogen) atoms. The quantitative estimate of drug-likeness (QED) is 0.412. The van der Waals surface area contributed by atoms with Gasteiger partial charge in [0.2, 0.25) is 5.91 Å². The Morgan fingerprint density at radius 3 is 2.28 bits per heavy atom. The van der Waals surface area contributed by atoms with Gasteiger partial charge in [-0.25, -0.2) is 13.4 Å². The number of nitrogens with zero attached hydrogens (tertiary/aromatic N) is 3. The van der Waals surface area contributed by atoms with Crippen LogP contribution in [0.25, 0.3) is 10.2 Å².